The zero-order chi connectivity index (χ0) is 15.4. The molecular weight excluding hydrogens is 309 g/mol. The van der Waals surface area contributed by atoms with Gasteiger partial charge in [0.2, 0.25) is 5.78 Å². The van der Waals surface area contributed by atoms with Gasteiger partial charge in [0.05, 0.1) is 5.56 Å². The summed E-state index contributed by atoms with van der Waals surface area (Å²) in [5.41, 5.74) is 0.778. The molecular formula is C16H11Cl2NO2. The minimum Gasteiger partial charge on any atom is -0.481 e. The SMILES string of the molecule is CC(Oc1cc(Cl)ccc1C#N)C(=O)c1cccc(Cl)c1. The summed E-state index contributed by atoms with van der Waals surface area (Å²) in [6.45, 7) is 1.62. The van der Waals surface area contributed by atoms with Crippen molar-refractivity contribution in [2.24, 2.45) is 0 Å². The predicted octanol–water partition coefficient (Wildman–Crippen LogP) is 4.52. The molecule has 0 amide bonds. The molecule has 0 N–H and O–H groups in total. The van der Waals surface area contributed by atoms with Crippen LogP contribution in [-0.4, -0.2) is 11.9 Å². The van der Waals surface area contributed by atoms with E-state index in [4.69, 9.17) is 33.2 Å². The van der Waals surface area contributed by atoms with Gasteiger partial charge in [-0.3, -0.25) is 4.79 Å². The summed E-state index contributed by atoms with van der Waals surface area (Å²) in [5, 5.41) is 9.96. The van der Waals surface area contributed by atoms with E-state index in [1.807, 2.05) is 6.07 Å². The Bertz CT molecular complexity index is 722. The van der Waals surface area contributed by atoms with Crippen molar-refractivity contribution in [1.82, 2.24) is 0 Å². The number of carbonyl (C=O) groups is 1. The molecule has 5 heteroatoms. The standard InChI is InChI=1S/C16H11Cl2NO2/c1-10(16(20)11-3-2-4-13(17)7-11)21-15-8-14(18)6-5-12(15)9-19/h2-8,10H,1H3. The van der Waals surface area contributed by atoms with Crippen LogP contribution in [-0.2, 0) is 0 Å². The van der Waals surface area contributed by atoms with Crippen molar-refractivity contribution in [2.45, 2.75) is 13.0 Å². The first-order valence-corrected chi connectivity index (χ1v) is 6.93. The van der Waals surface area contributed by atoms with Gasteiger partial charge >= 0.3 is 0 Å². The maximum Gasteiger partial charge on any atom is 0.203 e. The summed E-state index contributed by atoms with van der Waals surface area (Å²) >= 11 is 11.8. The molecule has 2 aromatic rings. The molecule has 0 saturated carbocycles. The summed E-state index contributed by atoms with van der Waals surface area (Å²) in [6, 6.07) is 13.3. The van der Waals surface area contributed by atoms with Crippen LogP contribution in [0.1, 0.15) is 22.8 Å². The highest BCUT2D eigenvalue weighted by molar-refractivity contribution is 6.31. The molecule has 0 saturated heterocycles. The average Bonchev–Trinajstić information content (AvgIpc) is 2.46. The Morgan fingerprint density at radius 1 is 1.19 bits per heavy atom. The monoisotopic (exact) mass is 319 g/mol. The van der Waals surface area contributed by atoms with Crippen molar-refractivity contribution in [3.8, 4) is 11.8 Å². The molecule has 3 nitrogen and oxygen atoms in total. The smallest absolute Gasteiger partial charge is 0.203 e. The van der Waals surface area contributed by atoms with Crippen molar-refractivity contribution in [3.63, 3.8) is 0 Å². The number of hydrogen-bond donors (Lipinski definition) is 0. The second kappa shape index (κ2) is 6.62. The molecule has 2 rings (SSSR count). The number of carbonyl (C=O) groups excluding carboxylic acids is 1. The Morgan fingerprint density at radius 2 is 1.90 bits per heavy atom. The number of ether oxygens (including phenoxy) is 1. The molecule has 1 unspecified atom stereocenters. The van der Waals surface area contributed by atoms with Crippen LogP contribution in [0, 0.1) is 11.3 Å². The summed E-state index contributed by atoms with van der Waals surface area (Å²) < 4.78 is 5.57. The van der Waals surface area contributed by atoms with Crippen molar-refractivity contribution in [1.29, 1.82) is 5.26 Å². The number of nitriles is 1. The number of rotatable bonds is 4. The fourth-order valence-corrected chi connectivity index (χ4v) is 2.16. The van der Waals surface area contributed by atoms with Crippen molar-refractivity contribution in [3.05, 3.63) is 63.6 Å². The lowest BCUT2D eigenvalue weighted by Crippen LogP contribution is -2.24. The fourth-order valence-electron chi connectivity index (χ4n) is 1.81. The highest BCUT2D eigenvalue weighted by Gasteiger charge is 2.18. The quantitative estimate of drug-likeness (QED) is 0.779. The number of benzene rings is 2. The number of ketones is 1. The molecule has 0 spiro atoms. The van der Waals surface area contributed by atoms with Crippen molar-refractivity contribution in [2.75, 3.05) is 0 Å². The van der Waals surface area contributed by atoms with Gasteiger partial charge in [-0.15, -0.1) is 0 Å². The molecule has 0 aliphatic carbocycles. The van der Waals surface area contributed by atoms with Crippen LogP contribution in [0.5, 0.6) is 5.75 Å². The first-order chi connectivity index (χ1) is 10.0. The molecule has 21 heavy (non-hydrogen) atoms. The van der Waals surface area contributed by atoms with Crippen molar-refractivity contribution >= 4 is 29.0 Å². The third-order valence-electron chi connectivity index (χ3n) is 2.85. The number of Topliss-reactive ketones (excluding diaryl/α,β-unsaturated/α-hetero) is 1. The zero-order valence-electron chi connectivity index (χ0n) is 11.1. The van der Waals surface area contributed by atoms with E-state index in [1.165, 1.54) is 6.07 Å². The number of nitrogens with zero attached hydrogens (tertiary/aromatic N) is 1. The molecule has 0 bridgehead atoms. The average molecular weight is 320 g/mol. The first-order valence-electron chi connectivity index (χ1n) is 6.17. The third-order valence-corrected chi connectivity index (χ3v) is 3.32. The Morgan fingerprint density at radius 3 is 2.57 bits per heavy atom. The Hall–Kier alpha value is -2.02. The molecule has 0 aliphatic heterocycles. The summed E-state index contributed by atoms with van der Waals surface area (Å²) in [5.74, 6) is 0.0641. The number of hydrogen-bond acceptors (Lipinski definition) is 3. The van der Waals surface area contributed by atoms with E-state index in [9.17, 15) is 4.79 Å². The van der Waals surface area contributed by atoms with Gasteiger partial charge in [-0.25, -0.2) is 0 Å². The molecule has 0 aliphatic rings. The minimum atomic E-state index is -0.756. The van der Waals surface area contributed by atoms with E-state index in [1.54, 1.807) is 43.3 Å². The summed E-state index contributed by atoms with van der Waals surface area (Å²) in [4.78, 5) is 12.3. The van der Waals surface area contributed by atoms with E-state index in [0.717, 1.165) is 0 Å². The molecule has 0 radical (unpaired) electrons. The van der Waals surface area contributed by atoms with Crippen LogP contribution in [0.4, 0.5) is 0 Å². The normalized spacial score (nSPS) is 11.5. The topological polar surface area (TPSA) is 50.1 Å². The van der Waals surface area contributed by atoms with Gasteiger partial charge in [0.1, 0.15) is 11.8 Å². The van der Waals surface area contributed by atoms with Crippen LogP contribution in [0.3, 0.4) is 0 Å². The van der Waals surface area contributed by atoms with Gasteiger partial charge in [0.15, 0.2) is 6.10 Å². The maximum absolute atomic E-state index is 12.3. The molecule has 0 aromatic heterocycles. The second-order valence-electron chi connectivity index (χ2n) is 4.39. The molecule has 1 atom stereocenters. The second-order valence-corrected chi connectivity index (χ2v) is 5.26. The largest absolute Gasteiger partial charge is 0.481 e. The van der Waals surface area contributed by atoms with Gasteiger partial charge in [0.25, 0.3) is 0 Å². The predicted molar refractivity (Wildman–Crippen MR) is 82.0 cm³/mol. The van der Waals surface area contributed by atoms with E-state index in [0.29, 0.717) is 21.2 Å². The highest BCUT2D eigenvalue weighted by Crippen LogP contribution is 2.24. The van der Waals surface area contributed by atoms with Crippen molar-refractivity contribution < 1.29 is 9.53 Å². The van der Waals surface area contributed by atoms with E-state index in [2.05, 4.69) is 0 Å². The van der Waals surface area contributed by atoms with E-state index in [-0.39, 0.29) is 11.5 Å². The van der Waals surface area contributed by atoms with Gasteiger partial charge in [-0.05, 0) is 31.2 Å². The molecule has 0 fully saturated rings. The highest BCUT2D eigenvalue weighted by atomic mass is 35.5. The van der Waals surface area contributed by atoms with Gasteiger partial charge in [-0.2, -0.15) is 5.26 Å². The van der Waals surface area contributed by atoms with Gasteiger partial charge in [-0.1, -0.05) is 35.3 Å². The van der Waals surface area contributed by atoms with Crippen LogP contribution in [0.2, 0.25) is 10.0 Å². The minimum absolute atomic E-state index is 0.221. The Balaban J connectivity index is 2.22. The zero-order valence-corrected chi connectivity index (χ0v) is 12.7. The molecule has 106 valence electrons. The maximum atomic E-state index is 12.3. The lowest BCUT2D eigenvalue weighted by Gasteiger charge is -2.15. The van der Waals surface area contributed by atoms with Crippen LogP contribution in [0.25, 0.3) is 0 Å². The Kier molecular flexibility index (Phi) is 4.85. The first kappa shape index (κ1) is 15.4. The van der Waals surface area contributed by atoms with Gasteiger partial charge < -0.3 is 4.74 Å². The summed E-state index contributed by atoms with van der Waals surface area (Å²) in [7, 11) is 0. The summed E-state index contributed by atoms with van der Waals surface area (Å²) in [6.07, 6.45) is -0.756. The van der Waals surface area contributed by atoms with Crippen LogP contribution < -0.4 is 4.74 Å². The molecule has 0 heterocycles. The number of halogens is 2. The molecule has 2 aromatic carbocycles. The lowest BCUT2D eigenvalue weighted by molar-refractivity contribution is 0.0817. The fraction of sp³-hybridized carbons (Fsp3) is 0.125. The van der Waals surface area contributed by atoms with Gasteiger partial charge in [0, 0.05) is 21.7 Å². The van der Waals surface area contributed by atoms with E-state index >= 15 is 0 Å². The van der Waals surface area contributed by atoms with Crippen LogP contribution in [0.15, 0.2) is 42.5 Å². The van der Waals surface area contributed by atoms with E-state index < -0.39 is 6.10 Å². The third kappa shape index (κ3) is 3.75. The lowest BCUT2D eigenvalue weighted by atomic mass is 10.1. The van der Waals surface area contributed by atoms with Crippen LogP contribution >= 0.6 is 23.2 Å². The Labute approximate surface area is 132 Å².